The van der Waals surface area contributed by atoms with E-state index >= 15 is 0 Å². The first-order valence-corrected chi connectivity index (χ1v) is 12.0. The third-order valence-corrected chi connectivity index (χ3v) is 6.16. The number of nitrogens with one attached hydrogen (secondary N) is 1. The highest BCUT2D eigenvalue weighted by atomic mass is 32.2. The van der Waals surface area contributed by atoms with Gasteiger partial charge in [0, 0.05) is 67.6 Å². The molecule has 2 aromatic rings. The summed E-state index contributed by atoms with van der Waals surface area (Å²) in [6, 6.07) is 15.7. The Morgan fingerprint density at radius 2 is 1.69 bits per heavy atom. The molecule has 1 amide bonds. The maximum atomic E-state index is 12.6. The van der Waals surface area contributed by atoms with Crippen molar-refractivity contribution < 1.29 is 9.00 Å². The average molecular weight is 414 g/mol. The number of hydrogen-bond donors (Lipinski definition) is 1. The van der Waals surface area contributed by atoms with E-state index in [9.17, 15) is 9.00 Å². The molecular weight excluding hydrogens is 382 g/mol. The summed E-state index contributed by atoms with van der Waals surface area (Å²) in [6.45, 7) is 9.16. The van der Waals surface area contributed by atoms with Crippen LogP contribution in [-0.2, 0) is 29.6 Å². The number of amides is 1. The van der Waals surface area contributed by atoms with E-state index in [2.05, 4.69) is 40.2 Å². The van der Waals surface area contributed by atoms with E-state index in [-0.39, 0.29) is 5.91 Å². The van der Waals surface area contributed by atoms with Gasteiger partial charge in [0.1, 0.15) is 0 Å². The van der Waals surface area contributed by atoms with Crippen LogP contribution in [0.2, 0.25) is 0 Å². The van der Waals surface area contributed by atoms with Crippen molar-refractivity contribution in [2.75, 3.05) is 39.0 Å². The highest BCUT2D eigenvalue weighted by Crippen LogP contribution is 2.14. The second-order valence-electron chi connectivity index (χ2n) is 7.58. The molecule has 5 nitrogen and oxygen atoms in total. The molecule has 1 aliphatic heterocycles. The van der Waals surface area contributed by atoms with Crippen LogP contribution in [0.3, 0.4) is 0 Å². The lowest BCUT2D eigenvalue weighted by atomic mass is 10.1. The van der Waals surface area contributed by atoms with Gasteiger partial charge in [-0.2, -0.15) is 0 Å². The minimum Gasteiger partial charge on any atom is -0.348 e. The maximum absolute atomic E-state index is 12.6. The zero-order valence-corrected chi connectivity index (χ0v) is 18.2. The standard InChI is InChI=1S/C23H31N3O2S/c1-3-25-11-13-26(14-12-25)17-22-9-5-4-8-21(22)16-24-23(27)20-10-6-7-19(15-20)18-29(2)28/h4-10,15H,3,11-14,16-18H2,1-2H3,(H,24,27)/t29-/m0/s1. The second-order valence-corrected chi connectivity index (χ2v) is 9.01. The minimum atomic E-state index is -0.921. The van der Waals surface area contributed by atoms with E-state index < -0.39 is 10.8 Å². The topological polar surface area (TPSA) is 52.6 Å². The molecule has 1 saturated heterocycles. The molecule has 1 N–H and O–H groups in total. The summed E-state index contributed by atoms with van der Waals surface area (Å²) in [4.78, 5) is 17.6. The minimum absolute atomic E-state index is 0.0971. The number of piperazine rings is 1. The number of rotatable bonds is 8. The van der Waals surface area contributed by atoms with Gasteiger partial charge >= 0.3 is 0 Å². The van der Waals surface area contributed by atoms with E-state index in [0.29, 0.717) is 17.9 Å². The Morgan fingerprint density at radius 3 is 2.38 bits per heavy atom. The summed E-state index contributed by atoms with van der Waals surface area (Å²) in [7, 11) is -0.921. The molecule has 0 aliphatic carbocycles. The predicted molar refractivity (Wildman–Crippen MR) is 119 cm³/mol. The summed E-state index contributed by atoms with van der Waals surface area (Å²) >= 11 is 0. The molecule has 29 heavy (non-hydrogen) atoms. The van der Waals surface area contributed by atoms with Crippen LogP contribution in [0.15, 0.2) is 48.5 Å². The number of carbonyl (C=O) groups excluding carboxylic acids is 1. The lowest BCUT2D eigenvalue weighted by molar-refractivity contribution is 0.0950. The first-order chi connectivity index (χ1) is 14.0. The van der Waals surface area contributed by atoms with Crippen LogP contribution in [0.5, 0.6) is 0 Å². The van der Waals surface area contributed by atoms with Crippen LogP contribution in [-0.4, -0.2) is 58.9 Å². The molecule has 1 heterocycles. The van der Waals surface area contributed by atoms with E-state index in [4.69, 9.17) is 0 Å². The Labute approximate surface area is 176 Å². The SMILES string of the molecule is CCN1CCN(Cc2ccccc2CNC(=O)c2cccc(C[S@](C)=O)c2)CC1. The van der Waals surface area contributed by atoms with Crippen LogP contribution in [0.4, 0.5) is 0 Å². The van der Waals surface area contributed by atoms with Crippen LogP contribution in [0.25, 0.3) is 0 Å². The lowest BCUT2D eigenvalue weighted by Crippen LogP contribution is -2.45. The van der Waals surface area contributed by atoms with E-state index in [1.54, 1.807) is 12.3 Å². The predicted octanol–water partition coefficient (Wildman–Crippen LogP) is 2.63. The summed E-state index contributed by atoms with van der Waals surface area (Å²) in [5, 5.41) is 3.05. The normalized spacial score (nSPS) is 16.5. The van der Waals surface area contributed by atoms with Gasteiger partial charge in [0.2, 0.25) is 0 Å². The molecule has 1 aliphatic rings. The molecule has 0 saturated carbocycles. The second kappa shape index (κ2) is 10.7. The highest BCUT2D eigenvalue weighted by molar-refractivity contribution is 7.83. The molecule has 6 heteroatoms. The van der Waals surface area contributed by atoms with Crippen LogP contribution < -0.4 is 5.32 Å². The Bertz CT molecular complexity index is 848. The summed E-state index contributed by atoms with van der Waals surface area (Å²) in [5.41, 5.74) is 3.96. The number of likely N-dealkylation sites (N-methyl/N-ethyl adjacent to an activating group) is 1. The van der Waals surface area contributed by atoms with Crippen molar-refractivity contribution >= 4 is 16.7 Å². The number of carbonyl (C=O) groups is 1. The van der Waals surface area contributed by atoms with Gasteiger partial charge in [-0.3, -0.25) is 13.9 Å². The lowest BCUT2D eigenvalue weighted by Gasteiger charge is -2.34. The van der Waals surface area contributed by atoms with Gasteiger partial charge in [0.15, 0.2) is 0 Å². The number of benzene rings is 2. The molecule has 0 bridgehead atoms. The largest absolute Gasteiger partial charge is 0.348 e. The van der Waals surface area contributed by atoms with Gasteiger partial charge in [-0.05, 0) is 35.4 Å². The third-order valence-electron chi connectivity index (χ3n) is 5.42. The molecule has 156 valence electrons. The van der Waals surface area contributed by atoms with Crippen molar-refractivity contribution in [3.05, 3.63) is 70.8 Å². The van der Waals surface area contributed by atoms with Crippen molar-refractivity contribution in [3.63, 3.8) is 0 Å². The van der Waals surface area contributed by atoms with Crippen molar-refractivity contribution in [3.8, 4) is 0 Å². The molecule has 1 atom stereocenters. The maximum Gasteiger partial charge on any atom is 0.251 e. The molecule has 3 rings (SSSR count). The molecular formula is C23H31N3O2S. The molecule has 1 fully saturated rings. The Morgan fingerprint density at radius 1 is 1.00 bits per heavy atom. The first-order valence-electron chi connectivity index (χ1n) is 10.2. The molecule has 0 aromatic heterocycles. The molecule has 2 aromatic carbocycles. The van der Waals surface area contributed by atoms with Crippen LogP contribution >= 0.6 is 0 Å². The average Bonchev–Trinajstić information content (AvgIpc) is 2.73. The van der Waals surface area contributed by atoms with E-state index in [1.165, 1.54) is 5.56 Å². The smallest absolute Gasteiger partial charge is 0.251 e. The Balaban J connectivity index is 1.60. The van der Waals surface area contributed by atoms with Crippen molar-refractivity contribution in [1.82, 2.24) is 15.1 Å². The summed E-state index contributed by atoms with van der Waals surface area (Å²) in [5.74, 6) is 0.370. The van der Waals surface area contributed by atoms with Crippen LogP contribution in [0, 0.1) is 0 Å². The molecule has 0 radical (unpaired) electrons. The van der Waals surface area contributed by atoms with Crippen molar-refractivity contribution in [2.45, 2.75) is 25.8 Å². The van der Waals surface area contributed by atoms with E-state index in [1.807, 2.05) is 24.3 Å². The fourth-order valence-electron chi connectivity index (χ4n) is 3.70. The Kier molecular flexibility index (Phi) is 7.98. The fourth-order valence-corrected chi connectivity index (χ4v) is 4.35. The van der Waals surface area contributed by atoms with Crippen molar-refractivity contribution in [1.29, 1.82) is 0 Å². The number of nitrogens with zero attached hydrogens (tertiary/aromatic N) is 2. The number of hydrogen-bond acceptors (Lipinski definition) is 4. The summed E-state index contributed by atoms with van der Waals surface area (Å²) in [6.07, 6.45) is 1.67. The first kappa shape index (κ1) is 21.7. The zero-order valence-electron chi connectivity index (χ0n) is 17.4. The van der Waals surface area contributed by atoms with Gasteiger partial charge in [-0.25, -0.2) is 0 Å². The summed E-state index contributed by atoms with van der Waals surface area (Å²) < 4.78 is 11.4. The zero-order chi connectivity index (χ0) is 20.6. The van der Waals surface area contributed by atoms with Gasteiger partial charge in [0.25, 0.3) is 5.91 Å². The van der Waals surface area contributed by atoms with Gasteiger partial charge in [-0.1, -0.05) is 43.3 Å². The Hall–Kier alpha value is -2.02. The van der Waals surface area contributed by atoms with Crippen LogP contribution in [0.1, 0.15) is 34.0 Å². The molecule has 0 unspecified atom stereocenters. The fraction of sp³-hybridized carbons (Fsp3) is 0.435. The quantitative estimate of drug-likeness (QED) is 0.723. The third kappa shape index (κ3) is 6.49. The van der Waals surface area contributed by atoms with Crippen molar-refractivity contribution in [2.24, 2.45) is 0 Å². The van der Waals surface area contributed by atoms with Gasteiger partial charge in [0.05, 0.1) is 0 Å². The van der Waals surface area contributed by atoms with Gasteiger partial charge in [-0.15, -0.1) is 0 Å². The monoisotopic (exact) mass is 413 g/mol. The molecule has 0 spiro atoms. The van der Waals surface area contributed by atoms with E-state index in [0.717, 1.165) is 50.4 Å². The van der Waals surface area contributed by atoms with Gasteiger partial charge < -0.3 is 10.2 Å². The highest BCUT2D eigenvalue weighted by Gasteiger charge is 2.17.